The van der Waals surface area contributed by atoms with E-state index in [0.29, 0.717) is 25.7 Å². The van der Waals surface area contributed by atoms with Crippen LogP contribution in [0.25, 0.3) is 0 Å². The molecule has 1 aliphatic rings. The number of carbonyl (C=O) groups is 4. The number of aliphatic carboxylic acids is 1. The standard InChI is InChI=1S/C67H106O12/c1-4-7-10-13-16-19-22-25-27-29-30-32-33-36-38-41-44-47-50-53-59(68)75-56-58(77-60(69)54-51-48-45-42-39-35-24-21-18-15-12-9-6-3)57-76-67-65(63(72)62(71)64(79-67)66(73)74)78-61(70)55-52-49-46-43-40-37-34-31-28-26-23-20-17-14-11-8-5-2/h8,11-12,15-17,19-21,24-28,30,32,34,37,43,46,58,62-65,67,71-72H,4-7,9-10,13-14,18,22-23,29,31,33,35-36,38-42,44-45,47-57H2,1-3H3,(H,73,74)/b11-8-,15-12-,19-16-,20-17-,24-21-,27-25-,28-26-,32-30-,37-34-,46-43-. The summed E-state index contributed by atoms with van der Waals surface area (Å²) in [4.78, 5) is 51.2. The summed E-state index contributed by atoms with van der Waals surface area (Å²) in [7, 11) is 0. The molecule has 0 bridgehead atoms. The monoisotopic (exact) mass is 1100 g/mol. The number of aliphatic hydroxyl groups is 2. The maximum absolute atomic E-state index is 13.1. The number of hydrogen-bond donors (Lipinski definition) is 3. The molecule has 1 heterocycles. The predicted molar refractivity (Wildman–Crippen MR) is 321 cm³/mol. The molecular formula is C67H106O12. The highest BCUT2D eigenvalue weighted by atomic mass is 16.7. The predicted octanol–water partition coefficient (Wildman–Crippen LogP) is 16.0. The Bertz CT molecular complexity index is 1840. The Morgan fingerprint density at radius 1 is 0.430 bits per heavy atom. The van der Waals surface area contributed by atoms with Gasteiger partial charge in [0.2, 0.25) is 0 Å². The van der Waals surface area contributed by atoms with Crippen LogP contribution in [-0.2, 0) is 42.9 Å². The molecule has 446 valence electrons. The molecule has 0 saturated carbocycles. The van der Waals surface area contributed by atoms with Gasteiger partial charge >= 0.3 is 23.9 Å². The van der Waals surface area contributed by atoms with Gasteiger partial charge in [-0.05, 0) is 122 Å². The summed E-state index contributed by atoms with van der Waals surface area (Å²) < 4.78 is 28.4. The van der Waals surface area contributed by atoms with E-state index in [0.717, 1.165) is 135 Å². The van der Waals surface area contributed by atoms with E-state index in [9.17, 15) is 34.5 Å². The Morgan fingerprint density at radius 3 is 1.30 bits per heavy atom. The average Bonchev–Trinajstić information content (AvgIpc) is 3.46. The number of hydrogen-bond acceptors (Lipinski definition) is 11. The summed E-state index contributed by atoms with van der Waals surface area (Å²) in [6.45, 7) is 5.73. The van der Waals surface area contributed by atoms with Gasteiger partial charge in [-0.1, -0.05) is 206 Å². The topological polar surface area (TPSA) is 175 Å². The molecule has 1 fully saturated rings. The van der Waals surface area contributed by atoms with Gasteiger partial charge in [-0.2, -0.15) is 0 Å². The fourth-order valence-corrected chi connectivity index (χ4v) is 8.33. The molecule has 6 unspecified atom stereocenters. The van der Waals surface area contributed by atoms with Crippen LogP contribution in [0, 0.1) is 0 Å². The van der Waals surface area contributed by atoms with E-state index in [1.54, 1.807) is 0 Å². The molecule has 0 aromatic rings. The Hall–Kier alpha value is -4.88. The van der Waals surface area contributed by atoms with Crippen LogP contribution in [0.1, 0.15) is 226 Å². The number of carboxylic acid groups (broad SMARTS) is 1. The van der Waals surface area contributed by atoms with Crippen molar-refractivity contribution in [3.8, 4) is 0 Å². The Labute approximate surface area is 478 Å². The van der Waals surface area contributed by atoms with Gasteiger partial charge in [-0.3, -0.25) is 14.4 Å². The van der Waals surface area contributed by atoms with Crippen LogP contribution < -0.4 is 0 Å². The molecule has 12 heteroatoms. The third kappa shape index (κ3) is 43.6. The van der Waals surface area contributed by atoms with Crippen molar-refractivity contribution in [2.45, 2.75) is 263 Å². The van der Waals surface area contributed by atoms with E-state index in [2.05, 4.69) is 130 Å². The Morgan fingerprint density at radius 2 is 0.835 bits per heavy atom. The van der Waals surface area contributed by atoms with E-state index in [1.165, 1.54) is 25.7 Å². The van der Waals surface area contributed by atoms with Gasteiger partial charge in [0.05, 0.1) is 6.61 Å². The van der Waals surface area contributed by atoms with Crippen LogP contribution in [-0.4, -0.2) is 89.2 Å². The molecule has 0 radical (unpaired) electrons. The summed E-state index contributed by atoms with van der Waals surface area (Å²) >= 11 is 0. The van der Waals surface area contributed by atoms with Crippen molar-refractivity contribution in [1.82, 2.24) is 0 Å². The van der Waals surface area contributed by atoms with E-state index < -0.39 is 67.3 Å². The second-order valence-corrected chi connectivity index (χ2v) is 20.2. The first-order valence-corrected chi connectivity index (χ1v) is 30.5. The first-order chi connectivity index (χ1) is 38.6. The third-order valence-corrected chi connectivity index (χ3v) is 13.0. The van der Waals surface area contributed by atoms with E-state index >= 15 is 0 Å². The number of carbonyl (C=O) groups excluding carboxylic acids is 3. The molecule has 1 aliphatic heterocycles. The quantitative estimate of drug-likeness (QED) is 0.0228. The fraction of sp³-hybridized carbons (Fsp3) is 0.642. The number of carboxylic acids is 1. The number of aliphatic hydroxyl groups excluding tert-OH is 2. The number of ether oxygens (including phenoxy) is 5. The van der Waals surface area contributed by atoms with Crippen LogP contribution in [0.4, 0.5) is 0 Å². The highest BCUT2D eigenvalue weighted by Gasteiger charge is 2.50. The first-order valence-electron chi connectivity index (χ1n) is 30.5. The maximum Gasteiger partial charge on any atom is 0.335 e. The summed E-state index contributed by atoms with van der Waals surface area (Å²) in [5.74, 6) is -3.25. The zero-order chi connectivity index (χ0) is 57.5. The SMILES string of the molecule is CC/C=C\C/C=C\C/C=C\C/C=C\C/C=C\CCCC(=O)OC1C(OCC(COC(=O)CCCCCCCC/C=C\C/C=C\C/C=C\CCCCC)OC(=O)CCCCCCC/C=C\C/C=C\CCC)OC(C(=O)O)C(O)C1O. The van der Waals surface area contributed by atoms with Gasteiger partial charge in [0.25, 0.3) is 0 Å². The Kier molecular flexibility index (Phi) is 49.1. The lowest BCUT2D eigenvalue weighted by molar-refractivity contribution is -0.301. The number of unbranched alkanes of at least 4 members (excludes halogenated alkanes) is 16. The number of allylic oxidation sites excluding steroid dienone is 20. The zero-order valence-electron chi connectivity index (χ0n) is 49.1. The normalized spacial score (nSPS) is 18.7. The summed E-state index contributed by atoms with van der Waals surface area (Å²) in [6, 6.07) is 0. The second-order valence-electron chi connectivity index (χ2n) is 20.2. The van der Waals surface area contributed by atoms with Crippen molar-refractivity contribution in [2.75, 3.05) is 13.2 Å². The van der Waals surface area contributed by atoms with Crippen molar-refractivity contribution in [1.29, 1.82) is 0 Å². The van der Waals surface area contributed by atoms with Crippen molar-refractivity contribution < 1.29 is 58.2 Å². The van der Waals surface area contributed by atoms with Gasteiger partial charge in [0, 0.05) is 19.3 Å². The van der Waals surface area contributed by atoms with Crippen LogP contribution in [0.2, 0.25) is 0 Å². The van der Waals surface area contributed by atoms with Gasteiger partial charge in [0.15, 0.2) is 24.6 Å². The van der Waals surface area contributed by atoms with Crippen molar-refractivity contribution in [3.05, 3.63) is 122 Å². The number of rotatable bonds is 50. The molecule has 0 aromatic heterocycles. The third-order valence-electron chi connectivity index (χ3n) is 13.0. The minimum atomic E-state index is -1.93. The molecule has 79 heavy (non-hydrogen) atoms. The van der Waals surface area contributed by atoms with E-state index in [-0.39, 0.29) is 25.9 Å². The molecule has 3 N–H and O–H groups in total. The first kappa shape index (κ1) is 72.1. The van der Waals surface area contributed by atoms with E-state index in [4.69, 9.17) is 23.7 Å². The summed E-state index contributed by atoms with van der Waals surface area (Å²) in [6.07, 6.45) is 61.6. The van der Waals surface area contributed by atoms with Crippen LogP contribution in [0.5, 0.6) is 0 Å². The Balaban J connectivity index is 2.72. The molecule has 1 rings (SSSR count). The van der Waals surface area contributed by atoms with Gasteiger partial charge in [0.1, 0.15) is 18.8 Å². The summed E-state index contributed by atoms with van der Waals surface area (Å²) in [5.41, 5.74) is 0. The highest BCUT2D eigenvalue weighted by Crippen LogP contribution is 2.26. The van der Waals surface area contributed by atoms with Crippen molar-refractivity contribution in [3.63, 3.8) is 0 Å². The van der Waals surface area contributed by atoms with Crippen LogP contribution in [0.15, 0.2) is 122 Å². The minimum Gasteiger partial charge on any atom is -0.479 e. The van der Waals surface area contributed by atoms with Gasteiger partial charge < -0.3 is 39.0 Å². The average molecular weight is 1100 g/mol. The smallest absolute Gasteiger partial charge is 0.335 e. The summed E-state index contributed by atoms with van der Waals surface area (Å²) in [5, 5.41) is 31.5. The molecule has 0 amide bonds. The fourth-order valence-electron chi connectivity index (χ4n) is 8.33. The molecule has 0 spiro atoms. The maximum atomic E-state index is 13.1. The zero-order valence-corrected chi connectivity index (χ0v) is 49.1. The largest absolute Gasteiger partial charge is 0.479 e. The lowest BCUT2D eigenvalue weighted by Gasteiger charge is -2.40. The van der Waals surface area contributed by atoms with Crippen LogP contribution in [0.3, 0.4) is 0 Å². The lowest BCUT2D eigenvalue weighted by atomic mass is 9.98. The van der Waals surface area contributed by atoms with Gasteiger partial charge in [-0.15, -0.1) is 0 Å². The molecule has 12 nitrogen and oxygen atoms in total. The van der Waals surface area contributed by atoms with Crippen molar-refractivity contribution in [2.24, 2.45) is 0 Å². The number of esters is 3. The molecule has 0 aliphatic carbocycles. The minimum absolute atomic E-state index is 0.0270. The highest BCUT2D eigenvalue weighted by molar-refractivity contribution is 5.74. The van der Waals surface area contributed by atoms with Gasteiger partial charge in [-0.25, -0.2) is 4.79 Å². The lowest BCUT2D eigenvalue weighted by Crippen LogP contribution is -2.61. The molecule has 6 atom stereocenters. The van der Waals surface area contributed by atoms with Crippen molar-refractivity contribution >= 4 is 23.9 Å². The molecule has 1 saturated heterocycles. The second kappa shape index (κ2) is 53.7. The molecule has 0 aromatic carbocycles. The molecular weight excluding hydrogens is 997 g/mol. The van der Waals surface area contributed by atoms with Crippen LogP contribution >= 0.6 is 0 Å². The van der Waals surface area contributed by atoms with E-state index in [1.807, 2.05) is 12.2 Å².